The second kappa shape index (κ2) is 8.48. The number of hydrogen-bond acceptors (Lipinski definition) is 4. The molecule has 2 aliphatic carbocycles. The summed E-state index contributed by atoms with van der Waals surface area (Å²) < 4.78 is 0. The normalized spacial score (nSPS) is 18.8. The Bertz CT molecular complexity index is 697. The molecule has 0 aliphatic heterocycles. The van der Waals surface area contributed by atoms with Gasteiger partial charge in [-0.05, 0) is 44.1 Å². The minimum absolute atomic E-state index is 0.0544. The van der Waals surface area contributed by atoms with Crippen molar-refractivity contribution < 1.29 is 9.59 Å². The first kappa shape index (κ1) is 19.3. The lowest BCUT2D eigenvalue weighted by atomic mass is 9.90. The predicted octanol–water partition coefficient (Wildman–Crippen LogP) is 3.37. The molecule has 0 saturated heterocycles. The molecule has 1 atom stereocenters. The number of unbranched alkanes of at least 4 members (excludes halogenated alkanes) is 1. The van der Waals surface area contributed by atoms with E-state index in [0.29, 0.717) is 18.2 Å². The average molecular weight is 394 g/mol. The maximum Gasteiger partial charge on any atom is 0.254 e. The molecule has 3 rings (SSSR count). The summed E-state index contributed by atoms with van der Waals surface area (Å²) in [6, 6.07) is 0.309. The van der Waals surface area contributed by atoms with Gasteiger partial charge in [0, 0.05) is 30.4 Å². The van der Waals surface area contributed by atoms with Crippen molar-refractivity contribution in [1.82, 2.24) is 10.2 Å². The predicted molar refractivity (Wildman–Crippen MR) is 110 cm³/mol. The Morgan fingerprint density at radius 1 is 1.35 bits per heavy atom. The molecular weight excluding hydrogens is 366 g/mol. The van der Waals surface area contributed by atoms with Crippen LogP contribution in [0.3, 0.4) is 0 Å². The van der Waals surface area contributed by atoms with Gasteiger partial charge in [-0.3, -0.25) is 9.59 Å². The molecule has 1 fully saturated rings. The molecule has 0 aromatic carbocycles. The van der Waals surface area contributed by atoms with Gasteiger partial charge in [0.15, 0.2) is 0 Å². The molecule has 1 saturated carbocycles. The zero-order valence-electron chi connectivity index (χ0n) is 15.5. The number of thiophene rings is 1. The molecule has 1 aromatic rings. The molecule has 5 nitrogen and oxygen atoms in total. The number of carbonyl (C=O) groups excluding carboxylic acids is 2. The number of fused-ring (bicyclic) bond motifs is 1. The summed E-state index contributed by atoms with van der Waals surface area (Å²) in [5.41, 5.74) is 3.45. The first-order valence-electron chi connectivity index (χ1n) is 9.46. The van der Waals surface area contributed by atoms with Crippen LogP contribution in [0.2, 0.25) is 0 Å². The summed E-state index contributed by atoms with van der Waals surface area (Å²) in [6.45, 7) is 2.77. The third-order valence-electron chi connectivity index (χ3n) is 5.21. The highest BCUT2D eigenvalue weighted by Gasteiger charge is 2.34. The third-order valence-corrected chi connectivity index (χ3v) is 6.74. The summed E-state index contributed by atoms with van der Waals surface area (Å²) in [6.07, 6.45) is 6.64. The van der Waals surface area contributed by atoms with Gasteiger partial charge in [-0.2, -0.15) is 0 Å². The van der Waals surface area contributed by atoms with Crippen molar-refractivity contribution in [2.45, 2.75) is 57.9 Å². The summed E-state index contributed by atoms with van der Waals surface area (Å²) in [4.78, 5) is 28.4. The van der Waals surface area contributed by atoms with Crippen molar-refractivity contribution in [2.24, 2.45) is 5.92 Å². The van der Waals surface area contributed by atoms with E-state index in [1.54, 1.807) is 16.8 Å². The van der Waals surface area contributed by atoms with E-state index < -0.39 is 0 Å². The summed E-state index contributed by atoms with van der Waals surface area (Å²) >= 11 is 6.65. The van der Waals surface area contributed by atoms with Crippen LogP contribution in [-0.2, 0) is 17.6 Å². The quantitative estimate of drug-likeness (QED) is 0.525. The molecular formula is C19H27N3O2S2. The Kier molecular flexibility index (Phi) is 6.29. The standard InChI is InChI=1S/C19H27N3O2S2/c1-3-4-9-20-18(24)16-14-10-13(22(2)11-25)7-8-15(14)26-19(16)21-17(23)12-5-6-12/h11-13H,3-10H2,1-2H3,(H,20,24)(H,21,23). The summed E-state index contributed by atoms with van der Waals surface area (Å²) in [5, 5.41) is 6.79. The molecule has 2 amide bonds. The number of nitrogens with one attached hydrogen (secondary N) is 2. The zero-order chi connectivity index (χ0) is 18.7. The maximum absolute atomic E-state index is 12.9. The van der Waals surface area contributed by atoms with Crippen LogP contribution in [0.25, 0.3) is 0 Å². The van der Waals surface area contributed by atoms with Crippen LogP contribution in [0.1, 0.15) is 59.8 Å². The van der Waals surface area contributed by atoms with E-state index in [-0.39, 0.29) is 17.7 Å². The van der Waals surface area contributed by atoms with E-state index in [2.05, 4.69) is 22.5 Å². The zero-order valence-corrected chi connectivity index (χ0v) is 17.1. The number of rotatable bonds is 8. The lowest BCUT2D eigenvalue weighted by Crippen LogP contribution is -2.35. The minimum Gasteiger partial charge on any atom is -0.368 e. The Morgan fingerprint density at radius 3 is 2.77 bits per heavy atom. The Labute approximate surface area is 164 Å². The molecule has 26 heavy (non-hydrogen) atoms. The van der Waals surface area contributed by atoms with Gasteiger partial charge >= 0.3 is 0 Å². The van der Waals surface area contributed by atoms with Gasteiger partial charge in [0.1, 0.15) is 5.00 Å². The largest absolute Gasteiger partial charge is 0.368 e. The fourth-order valence-electron chi connectivity index (χ4n) is 3.35. The molecule has 2 N–H and O–H groups in total. The topological polar surface area (TPSA) is 61.4 Å². The van der Waals surface area contributed by atoms with Gasteiger partial charge in [-0.25, -0.2) is 0 Å². The first-order chi connectivity index (χ1) is 12.5. The summed E-state index contributed by atoms with van der Waals surface area (Å²) in [7, 11) is 1.99. The molecule has 1 heterocycles. The smallest absolute Gasteiger partial charge is 0.254 e. The van der Waals surface area contributed by atoms with E-state index in [9.17, 15) is 9.59 Å². The SMILES string of the molecule is CCCCNC(=O)c1c(NC(=O)C2CC2)sc2c1CC(N(C)C=S)CC2. The van der Waals surface area contributed by atoms with Gasteiger partial charge < -0.3 is 15.5 Å². The first-order valence-corrected chi connectivity index (χ1v) is 10.7. The second-order valence-corrected chi connectivity index (χ2v) is 8.56. The van der Waals surface area contributed by atoms with Gasteiger partial charge in [0.25, 0.3) is 5.91 Å². The number of amides is 2. The van der Waals surface area contributed by atoms with E-state index in [1.807, 2.05) is 7.05 Å². The number of aryl methyl sites for hydroxylation is 1. The van der Waals surface area contributed by atoms with Crippen molar-refractivity contribution in [3.05, 3.63) is 16.0 Å². The number of anilines is 1. The molecule has 0 radical (unpaired) electrons. The molecule has 0 bridgehead atoms. The van der Waals surface area contributed by atoms with Gasteiger partial charge in [0.05, 0.1) is 11.1 Å². The number of thiocarbonyl (C=S) groups is 1. The van der Waals surface area contributed by atoms with Crippen LogP contribution in [0, 0.1) is 5.92 Å². The van der Waals surface area contributed by atoms with Crippen LogP contribution in [0.15, 0.2) is 0 Å². The molecule has 1 unspecified atom stereocenters. The Hall–Kier alpha value is -1.47. The van der Waals surface area contributed by atoms with Crippen molar-refractivity contribution >= 4 is 45.9 Å². The van der Waals surface area contributed by atoms with Crippen molar-refractivity contribution in [2.75, 3.05) is 18.9 Å². The second-order valence-electron chi connectivity index (χ2n) is 7.25. The van der Waals surface area contributed by atoms with E-state index in [1.165, 1.54) is 4.88 Å². The van der Waals surface area contributed by atoms with Crippen LogP contribution >= 0.6 is 23.6 Å². The highest BCUT2D eigenvalue weighted by molar-refractivity contribution is 7.78. The third kappa shape index (κ3) is 4.26. The highest BCUT2D eigenvalue weighted by Crippen LogP contribution is 2.40. The van der Waals surface area contributed by atoms with Crippen molar-refractivity contribution in [3.8, 4) is 0 Å². The average Bonchev–Trinajstić information content (AvgIpc) is 3.42. The number of carbonyl (C=O) groups is 2. The van der Waals surface area contributed by atoms with E-state index in [0.717, 1.165) is 55.5 Å². The van der Waals surface area contributed by atoms with Gasteiger partial charge in [-0.1, -0.05) is 25.6 Å². The van der Waals surface area contributed by atoms with Crippen LogP contribution in [0.5, 0.6) is 0 Å². The van der Waals surface area contributed by atoms with Gasteiger partial charge in [-0.15, -0.1) is 11.3 Å². The number of likely N-dealkylation sites (N-methyl/N-ethyl adjacent to an activating group) is 1. The van der Waals surface area contributed by atoms with Crippen molar-refractivity contribution in [3.63, 3.8) is 0 Å². The fourth-order valence-corrected chi connectivity index (χ4v) is 4.77. The fraction of sp³-hybridized carbons (Fsp3) is 0.632. The monoisotopic (exact) mass is 393 g/mol. The number of hydrogen-bond donors (Lipinski definition) is 2. The number of nitrogens with zero attached hydrogens (tertiary/aromatic N) is 1. The summed E-state index contributed by atoms with van der Waals surface area (Å²) in [5.74, 6) is 0.116. The molecule has 2 aliphatic rings. The van der Waals surface area contributed by atoms with Gasteiger partial charge in [0.2, 0.25) is 5.91 Å². The molecule has 1 aromatic heterocycles. The van der Waals surface area contributed by atoms with E-state index in [4.69, 9.17) is 12.2 Å². The Morgan fingerprint density at radius 2 is 2.12 bits per heavy atom. The van der Waals surface area contributed by atoms with Crippen molar-refractivity contribution in [1.29, 1.82) is 0 Å². The van der Waals surface area contributed by atoms with Crippen LogP contribution in [0.4, 0.5) is 5.00 Å². The molecule has 142 valence electrons. The highest BCUT2D eigenvalue weighted by atomic mass is 32.1. The Balaban J connectivity index is 1.86. The van der Waals surface area contributed by atoms with E-state index >= 15 is 0 Å². The lowest BCUT2D eigenvalue weighted by Gasteiger charge is -2.29. The van der Waals surface area contributed by atoms with Crippen LogP contribution in [-0.4, -0.2) is 41.8 Å². The maximum atomic E-state index is 12.9. The molecule has 0 spiro atoms. The lowest BCUT2D eigenvalue weighted by molar-refractivity contribution is -0.117. The molecule has 7 heteroatoms. The van der Waals surface area contributed by atoms with Crippen LogP contribution < -0.4 is 10.6 Å². The minimum atomic E-state index is -0.0623.